The fourth-order valence-electron chi connectivity index (χ4n) is 6.65. The van der Waals surface area contributed by atoms with Gasteiger partial charge in [-0.3, -0.25) is 9.59 Å². The number of hydrogen-bond acceptors (Lipinski definition) is 5. The first-order chi connectivity index (χ1) is 18.3. The maximum absolute atomic E-state index is 13.5. The summed E-state index contributed by atoms with van der Waals surface area (Å²) in [5.41, 5.74) is 0.675. The van der Waals surface area contributed by atoms with E-state index in [9.17, 15) is 14.4 Å². The van der Waals surface area contributed by atoms with Crippen molar-refractivity contribution < 1.29 is 23.9 Å². The van der Waals surface area contributed by atoms with Gasteiger partial charge in [-0.05, 0) is 67.9 Å². The third kappa shape index (κ3) is 6.02. The summed E-state index contributed by atoms with van der Waals surface area (Å²) in [4.78, 5) is 43.5. The van der Waals surface area contributed by atoms with Crippen LogP contribution in [0.4, 0.5) is 10.5 Å². The number of amides is 4. The molecule has 5 rings (SSSR count). The first-order valence-corrected chi connectivity index (χ1v) is 14.3. The molecule has 1 aromatic carbocycles. The van der Waals surface area contributed by atoms with E-state index in [4.69, 9.17) is 9.47 Å². The van der Waals surface area contributed by atoms with Gasteiger partial charge >= 0.3 is 6.03 Å². The van der Waals surface area contributed by atoms with Crippen molar-refractivity contribution in [3.8, 4) is 11.5 Å². The molecular weight excluding hydrogens is 484 g/mol. The zero-order valence-corrected chi connectivity index (χ0v) is 22.9. The largest absolute Gasteiger partial charge is 0.454 e. The van der Waals surface area contributed by atoms with Crippen LogP contribution < -0.4 is 20.1 Å². The second kappa shape index (κ2) is 11.4. The summed E-state index contributed by atoms with van der Waals surface area (Å²) in [6.45, 7) is 8.56. The van der Waals surface area contributed by atoms with E-state index in [1.54, 1.807) is 12.1 Å². The SMILES string of the molecule is CC(C)[C@@H]1CC[C@@H](C)CC(=O)N2C[C@H]3C[C@@H](CN(C(=O)Nc4ccc5c(c4)OCO5)C3)[C@@H]2CCCC(=O)N1. The summed E-state index contributed by atoms with van der Waals surface area (Å²) in [5.74, 6) is 2.76. The topological polar surface area (TPSA) is 100 Å². The highest BCUT2D eigenvalue weighted by Crippen LogP contribution is 2.38. The molecule has 208 valence electrons. The summed E-state index contributed by atoms with van der Waals surface area (Å²) in [7, 11) is 0. The molecule has 2 bridgehead atoms. The lowest BCUT2D eigenvalue weighted by molar-refractivity contribution is -0.141. The summed E-state index contributed by atoms with van der Waals surface area (Å²) in [6.07, 6.45) is 5.39. The molecule has 4 aliphatic heterocycles. The number of likely N-dealkylation sites (tertiary alicyclic amines) is 1. The summed E-state index contributed by atoms with van der Waals surface area (Å²) < 4.78 is 10.8. The molecule has 4 amide bonds. The Labute approximate surface area is 225 Å². The first-order valence-electron chi connectivity index (χ1n) is 14.3. The lowest BCUT2D eigenvalue weighted by atomic mass is 9.77. The Morgan fingerprint density at radius 1 is 1.08 bits per heavy atom. The zero-order chi connectivity index (χ0) is 26.8. The minimum atomic E-state index is -0.129. The number of rotatable bonds is 2. The van der Waals surface area contributed by atoms with Crippen LogP contribution in [-0.2, 0) is 9.59 Å². The number of hydrogen-bond donors (Lipinski definition) is 2. The highest BCUT2D eigenvalue weighted by molar-refractivity contribution is 5.90. The molecule has 5 atom stereocenters. The van der Waals surface area contributed by atoms with E-state index in [0.717, 1.165) is 32.1 Å². The monoisotopic (exact) mass is 526 g/mol. The van der Waals surface area contributed by atoms with Crippen molar-refractivity contribution >= 4 is 23.5 Å². The molecular formula is C29H42N4O5. The Morgan fingerprint density at radius 2 is 1.89 bits per heavy atom. The van der Waals surface area contributed by atoms with Crippen LogP contribution in [0.2, 0.25) is 0 Å². The molecule has 3 saturated heterocycles. The van der Waals surface area contributed by atoms with Gasteiger partial charge in [0.1, 0.15) is 0 Å². The van der Waals surface area contributed by atoms with E-state index in [0.29, 0.717) is 55.6 Å². The van der Waals surface area contributed by atoms with Gasteiger partial charge in [-0.25, -0.2) is 4.79 Å². The Kier molecular flexibility index (Phi) is 8.00. The van der Waals surface area contributed by atoms with Crippen molar-refractivity contribution in [3.05, 3.63) is 18.2 Å². The van der Waals surface area contributed by atoms with Crippen LogP contribution in [-0.4, -0.2) is 66.2 Å². The molecule has 4 aliphatic rings. The van der Waals surface area contributed by atoms with Crippen LogP contribution in [0.5, 0.6) is 11.5 Å². The molecule has 2 N–H and O–H groups in total. The maximum atomic E-state index is 13.5. The molecule has 0 spiro atoms. The van der Waals surface area contributed by atoms with E-state index >= 15 is 0 Å². The van der Waals surface area contributed by atoms with Crippen LogP contribution in [0.1, 0.15) is 65.7 Å². The smallest absolute Gasteiger partial charge is 0.321 e. The van der Waals surface area contributed by atoms with E-state index in [-0.39, 0.29) is 54.5 Å². The van der Waals surface area contributed by atoms with E-state index in [2.05, 4.69) is 36.3 Å². The summed E-state index contributed by atoms with van der Waals surface area (Å²) in [6, 6.07) is 5.50. The number of nitrogens with one attached hydrogen (secondary N) is 2. The highest BCUT2D eigenvalue weighted by atomic mass is 16.7. The zero-order valence-electron chi connectivity index (χ0n) is 22.9. The second-order valence-electron chi connectivity index (χ2n) is 12.1. The van der Waals surface area contributed by atoms with Crippen LogP contribution in [0, 0.1) is 23.7 Å². The van der Waals surface area contributed by atoms with E-state index in [1.165, 1.54) is 0 Å². The Bertz CT molecular complexity index is 1050. The number of anilines is 1. The average molecular weight is 527 g/mol. The van der Waals surface area contributed by atoms with Gasteiger partial charge in [0.25, 0.3) is 0 Å². The molecule has 1 aromatic rings. The number of piperidine rings is 2. The van der Waals surface area contributed by atoms with Gasteiger partial charge in [-0.2, -0.15) is 0 Å². The maximum Gasteiger partial charge on any atom is 0.321 e. The van der Waals surface area contributed by atoms with Gasteiger partial charge < -0.3 is 29.9 Å². The molecule has 0 aromatic heterocycles. The Hall–Kier alpha value is -2.97. The lowest BCUT2D eigenvalue weighted by Gasteiger charge is -2.51. The number of carbonyl (C=O) groups excluding carboxylic acids is 3. The van der Waals surface area contributed by atoms with Gasteiger partial charge in [0.2, 0.25) is 18.6 Å². The van der Waals surface area contributed by atoms with Crippen molar-refractivity contribution in [3.63, 3.8) is 0 Å². The van der Waals surface area contributed by atoms with Crippen LogP contribution in [0.25, 0.3) is 0 Å². The average Bonchev–Trinajstić information content (AvgIpc) is 3.34. The minimum Gasteiger partial charge on any atom is -0.454 e. The molecule has 0 unspecified atom stereocenters. The third-order valence-corrected chi connectivity index (χ3v) is 8.75. The fourth-order valence-corrected chi connectivity index (χ4v) is 6.65. The van der Waals surface area contributed by atoms with Crippen molar-refractivity contribution in [2.75, 3.05) is 31.7 Å². The normalized spacial score (nSPS) is 30.1. The molecule has 9 nitrogen and oxygen atoms in total. The number of benzene rings is 1. The minimum absolute atomic E-state index is 0.0570. The first kappa shape index (κ1) is 26.6. The van der Waals surface area contributed by atoms with Crippen molar-refractivity contribution in [2.45, 2.75) is 77.8 Å². The number of urea groups is 1. The molecule has 4 heterocycles. The number of nitrogens with zero attached hydrogens (tertiary/aromatic N) is 2. The van der Waals surface area contributed by atoms with Gasteiger partial charge in [-0.1, -0.05) is 20.8 Å². The van der Waals surface area contributed by atoms with Crippen LogP contribution in [0.3, 0.4) is 0 Å². The summed E-state index contributed by atoms with van der Waals surface area (Å²) in [5, 5.41) is 6.26. The lowest BCUT2D eigenvalue weighted by Crippen LogP contribution is -2.60. The highest BCUT2D eigenvalue weighted by Gasteiger charge is 2.43. The quantitative estimate of drug-likeness (QED) is 0.601. The molecule has 3 fully saturated rings. The van der Waals surface area contributed by atoms with Gasteiger partial charge in [0, 0.05) is 56.3 Å². The van der Waals surface area contributed by atoms with E-state index < -0.39 is 0 Å². The van der Waals surface area contributed by atoms with Gasteiger partial charge in [0.05, 0.1) is 0 Å². The number of ether oxygens (including phenoxy) is 2. The van der Waals surface area contributed by atoms with Crippen LogP contribution >= 0.6 is 0 Å². The van der Waals surface area contributed by atoms with Crippen LogP contribution in [0.15, 0.2) is 18.2 Å². The predicted molar refractivity (Wildman–Crippen MR) is 144 cm³/mol. The van der Waals surface area contributed by atoms with E-state index in [1.807, 2.05) is 11.0 Å². The standard InChI is InChI=1S/C29H42N4O5/c1-18(2)23-9-7-19(3)11-28(35)33-15-20-12-21(24(33)5-4-6-27(34)31-23)16-32(14-20)29(36)30-22-8-10-25-26(13-22)38-17-37-25/h8,10,13,18-21,23-24H,4-7,9,11-12,14-17H2,1-3H3,(H,30,36)(H,31,34)/t19-,20+,21+,23+,24+/m1/s1. The second-order valence-corrected chi connectivity index (χ2v) is 12.1. The molecule has 38 heavy (non-hydrogen) atoms. The van der Waals surface area contributed by atoms with Crippen molar-refractivity contribution in [1.82, 2.24) is 15.1 Å². The third-order valence-electron chi connectivity index (χ3n) is 8.75. The predicted octanol–water partition coefficient (Wildman–Crippen LogP) is 4.23. The summed E-state index contributed by atoms with van der Waals surface area (Å²) >= 11 is 0. The van der Waals surface area contributed by atoms with Gasteiger partial charge in [-0.15, -0.1) is 0 Å². The number of fused-ring (bicyclic) bond motifs is 5. The molecule has 0 radical (unpaired) electrons. The molecule has 0 saturated carbocycles. The van der Waals surface area contributed by atoms with Gasteiger partial charge in [0.15, 0.2) is 11.5 Å². The number of carbonyl (C=O) groups is 3. The Morgan fingerprint density at radius 3 is 2.71 bits per heavy atom. The Balaban J connectivity index is 1.27. The molecule has 0 aliphatic carbocycles. The molecule has 9 heteroatoms. The van der Waals surface area contributed by atoms with Crippen molar-refractivity contribution in [1.29, 1.82) is 0 Å². The van der Waals surface area contributed by atoms with Crippen molar-refractivity contribution in [2.24, 2.45) is 23.7 Å². The fraction of sp³-hybridized carbons (Fsp3) is 0.690.